The van der Waals surface area contributed by atoms with Crippen molar-refractivity contribution in [1.82, 2.24) is 14.8 Å². The minimum absolute atomic E-state index is 0.176. The highest BCUT2D eigenvalue weighted by atomic mass is 32.2. The van der Waals surface area contributed by atoms with Crippen LogP contribution < -0.4 is 9.46 Å². The third-order valence-electron chi connectivity index (χ3n) is 3.73. The minimum atomic E-state index is -3.38. The van der Waals surface area contributed by atoms with Crippen molar-refractivity contribution in [3.63, 3.8) is 0 Å². The summed E-state index contributed by atoms with van der Waals surface area (Å²) in [6.45, 7) is 0. The van der Waals surface area contributed by atoms with Crippen LogP contribution in [0.2, 0.25) is 0 Å². The highest BCUT2D eigenvalue weighted by molar-refractivity contribution is 7.99. The Morgan fingerprint density at radius 2 is 1.86 bits per heavy atom. The Morgan fingerprint density at radius 1 is 1.17 bits per heavy atom. The van der Waals surface area contributed by atoms with Gasteiger partial charge in [-0.15, -0.1) is 10.2 Å². The average Bonchev–Trinajstić information content (AvgIpc) is 3.09. The maximum Gasteiger partial charge on any atom is 0.313 e. The molecule has 0 unspecified atom stereocenters. The Bertz CT molecular complexity index is 1130. The number of carboxylic acid groups (broad SMARTS) is 1. The highest BCUT2D eigenvalue weighted by Crippen LogP contribution is 2.32. The van der Waals surface area contributed by atoms with Gasteiger partial charge in [0, 0.05) is 11.3 Å². The second-order valence-electron chi connectivity index (χ2n) is 5.95. The molecule has 29 heavy (non-hydrogen) atoms. The molecule has 9 nitrogen and oxygen atoms in total. The number of carbonyl (C=O) groups is 1. The van der Waals surface area contributed by atoms with Crippen LogP contribution in [0.4, 0.5) is 5.69 Å². The molecular weight excluding hydrogens is 416 g/mol. The third kappa shape index (κ3) is 5.06. The molecular formula is C18H18N4O5S2. The summed E-state index contributed by atoms with van der Waals surface area (Å²) >= 11 is 1.04. The van der Waals surface area contributed by atoms with Crippen molar-refractivity contribution in [2.45, 2.75) is 5.16 Å². The maximum atomic E-state index is 11.4. The number of methoxy groups -OCH3 is 1. The molecule has 1 heterocycles. The van der Waals surface area contributed by atoms with Crippen molar-refractivity contribution >= 4 is 33.4 Å². The summed E-state index contributed by atoms with van der Waals surface area (Å²) in [4.78, 5) is 11.0. The Hall–Kier alpha value is -3.05. The van der Waals surface area contributed by atoms with Gasteiger partial charge in [-0.3, -0.25) is 14.1 Å². The number of hydrogen-bond acceptors (Lipinski definition) is 7. The first kappa shape index (κ1) is 20.7. The number of para-hydroxylation sites is 2. The van der Waals surface area contributed by atoms with Crippen LogP contribution in [-0.2, 0) is 14.8 Å². The summed E-state index contributed by atoms with van der Waals surface area (Å²) in [6.07, 6.45) is 1.07. The molecule has 0 bridgehead atoms. The van der Waals surface area contributed by atoms with Crippen molar-refractivity contribution in [2.75, 3.05) is 23.8 Å². The molecule has 0 aliphatic heterocycles. The standard InChI is InChI=1S/C18H18N4O5S2/c1-27-15-6-4-3-5-14(15)22-17(19-20-18(22)28-11-16(23)24)12-7-9-13(10-8-12)21-29(2,25)26/h3-10,21H,11H2,1-2H3,(H,23,24). The van der Waals surface area contributed by atoms with E-state index in [2.05, 4.69) is 14.9 Å². The molecule has 2 aromatic carbocycles. The van der Waals surface area contributed by atoms with Gasteiger partial charge in [-0.05, 0) is 36.4 Å². The van der Waals surface area contributed by atoms with E-state index < -0.39 is 16.0 Å². The van der Waals surface area contributed by atoms with E-state index in [1.165, 1.54) is 0 Å². The summed E-state index contributed by atoms with van der Waals surface area (Å²) < 4.78 is 32.3. The first-order valence-electron chi connectivity index (χ1n) is 8.30. The molecule has 0 spiro atoms. The molecule has 3 rings (SSSR count). The molecule has 0 radical (unpaired) electrons. The monoisotopic (exact) mass is 434 g/mol. The van der Waals surface area contributed by atoms with Crippen LogP contribution in [-0.4, -0.2) is 53.4 Å². The number of nitrogens with one attached hydrogen (secondary N) is 1. The van der Waals surface area contributed by atoms with Gasteiger partial charge in [-0.1, -0.05) is 23.9 Å². The predicted molar refractivity (Wildman–Crippen MR) is 110 cm³/mol. The molecule has 0 aliphatic carbocycles. The lowest BCUT2D eigenvalue weighted by Crippen LogP contribution is -2.09. The number of sulfonamides is 1. The third-order valence-corrected chi connectivity index (χ3v) is 5.25. The highest BCUT2D eigenvalue weighted by Gasteiger charge is 2.19. The van der Waals surface area contributed by atoms with E-state index in [0.29, 0.717) is 33.7 Å². The van der Waals surface area contributed by atoms with Crippen LogP contribution in [0.1, 0.15) is 0 Å². The van der Waals surface area contributed by atoms with Crippen molar-refractivity contribution < 1.29 is 23.1 Å². The number of ether oxygens (including phenoxy) is 1. The molecule has 0 aliphatic rings. The molecule has 2 N–H and O–H groups in total. The number of rotatable bonds is 8. The van der Waals surface area contributed by atoms with Gasteiger partial charge in [0.1, 0.15) is 5.75 Å². The van der Waals surface area contributed by atoms with Crippen LogP contribution >= 0.6 is 11.8 Å². The molecule has 1 aromatic heterocycles. The molecule has 0 fully saturated rings. The fourth-order valence-corrected chi connectivity index (χ4v) is 3.84. The summed E-state index contributed by atoms with van der Waals surface area (Å²) in [5.74, 6) is -0.110. The Kier molecular flexibility index (Phi) is 6.09. The number of benzene rings is 2. The Balaban J connectivity index is 2.08. The van der Waals surface area contributed by atoms with E-state index in [-0.39, 0.29) is 5.75 Å². The zero-order valence-corrected chi connectivity index (χ0v) is 17.2. The summed E-state index contributed by atoms with van der Waals surface area (Å²) in [6, 6.07) is 13.9. The van der Waals surface area contributed by atoms with Crippen LogP contribution in [0.25, 0.3) is 17.1 Å². The quantitative estimate of drug-likeness (QED) is 0.518. The van der Waals surface area contributed by atoms with Crippen molar-refractivity contribution in [3.05, 3.63) is 48.5 Å². The Morgan fingerprint density at radius 3 is 2.48 bits per heavy atom. The number of anilines is 1. The lowest BCUT2D eigenvalue weighted by Gasteiger charge is -2.14. The fraction of sp³-hybridized carbons (Fsp3) is 0.167. The van der Waals surface area contributed by atoms with E-state index in [1.54, 1.807) is 42.0 Å². The smallest absolute Gasteiger partial charge is 0.313 e. The van der Waals surface area contributed by atoms with Gasteiger partial charge in [0.25, 0.3) is 0 Å². The molecule has 152 valence electrons. The largest absolute Gasteiger partial charge is 0.495 e. The van der Waals surface area contributed by atoms with Crippen molar-refractivity contribution in [2.24, 2.45) is 0 Å². The fourth-order valence-electron chi connectivity index (χ4n) is 2.61. The molecule has 0 saturated carbocycles. The van der Waals surface area contributed by atoms with Gasteiger partial charge in [-0.25, -0.2) is 8.42 Å². The van der Waals surface area contributed by atoms with Crippen molar-refractivity contribution in [3.8, 4) is 22.8 Å². The van der Waals surface area contributed by atoms with Crippen LogP contribution in [0.5, 0.6) is 5.75 Å². The molecule has 0 amide bonds. The van der Waals surface area contributed by atoms with E-state index >= 15 is 0 Å². The summed E-state index contributed by atoms with van der Waals surface area (Å²) in [7, 11) is -1.84. The van der Waals surface area contributed by atoms with E-state index in [1.807, 2.05) is 18.2 Å². The number of thioether (sulfide) groups is 1. The van der Waals surface area contributed by atoms with E-state index in [9.17, 15) is 13.2 Å². The second kappa shape index (κ2) is 8.53. The van der Waals surface area contributed by atoms with E-state index in [4.69, 9.17) is 9.84 Å². The lowest BCUT2D eigenvalue weighted by molar-refractivity contribution is -0.133. The SMILES string of the molecule is COc1ccccc1-n1c(SCC(=O)O)nnc1-c1ccc(NS(C)(=O)=O)cc1. The van der Waals surface area contributed by atoms with Gasteiger partial charge in [0.2, 0.25) is 10.0 Å². The maximum absolute atomic E-state index is 11.4. The van der Waals surface area contributed by atoms with E-state index in [0.717, 1.165) is 18.0 Å². The molecule has 11 heteroatoms. The number of nitrogens with zero attached hydrogens (tertiary/aromatic N) is 3. The van der Waals surface area contributed by atoms with Crippen LogP contribution in [0.15, 0.2) is 53.7 Å². The van der Waals surface area contributed by atoms with Gasteiger partial charge < -0.3 is 9.84 Å². The van der Waals surface area contributed by atoms with Crippen molar-refractivity contribution in [1.29, 1.82) is 0 Å². The van der Waals surface area contributed by atoms with Gasteiger partial charge in [0.05, 0.1) is 24.8 Å². The van der Waals surface area contributed by atoms with Crippen LogP contribution in [0, 0.1) is 0 Å². The zero-order valence-electron chi connectivity index (χ0n) is 15.6. The first-order valence-corrected chi connectivity index (χ1v) is 11.2. The first-order chi connectivity index (χ1) is 13.8. The molecule has 0 saturated heterocycles. The second-order valence-corrected chi connectivity index (χ2v) is 8.64. The minimum Gasteiger partial charge on any atom is -0.495 e. The summed E-state index contributed by atoms with van der Waals surface area (Å²) in [5, 5.41) is 17.8. The predicted octanol–water partition coefficient (Wildman–Crippen LogP) is 2.49. The zero-order chi connectivity index (χ0) is 21.0. The van der Waals surface area contributed by atoms with Gasteiger partial charge in [0.15, 0.2) is 11.0 Å². The lowest BCUT2D eigenvalue weighted by atomic mass is 10.2. The number of aromatic nitrogens is 3. The number of aliphatic carboxylic acids is 1. The number of carboxylic acids is 1. The average molecular weight is 434 g/mol. The normalized spacial score (nSPS) is 11.2. The summed E-state index contributed by atoms with van der Waals surface area (Å²) in [5.41, 5.74) is 1.74. The van der Waals surface area contributed by atoms with Crippen LogP contribution in [0.3, 0.4) is 0 Å². The topological polar surface area (TPSA) is 123 Å². The molecule has 3 aromatic rings. The van der Waals surface area contributed by atoms with Gasteiger partial charge in [-0.2, -0.15) is 0 Å². The van der Waals surface area contributed by atoms with Gasteiger partial charge >= 0.3 is 5.97 Å². The molecule has 0 atom stereocenters. The Labute approximate surface area is 171 Å². The number of hydrogen-bond donors (Lipinski definition) is 2.